The third-order valence-electron chi connectivity index (χ3n) is 4.71. The molecule has 1 N–H and O–H groups in total. The fraction of sp³-hybridized carbons (Fsp3) is 0.200. The van der Waals surface area contributed by atoms with E-state index in [1.54, 1.807) is 13.3 Å². The van der Waals surface area contributed by atoms with E-state index >= 15 is 0 Å². The molecule has 0 amide bonds. The summed E-state index contributed by atoms with van der Waals surface area (Å²) in [4.78, 5) is 6.64. The van der Waals surface area contributed by atoms with Gasteiger partial charge >= 0.3 is 0 Å². The highest BCUT2D eigenvalue weighted by Crippen LogP contribution is 2.42. The summed E-state index contributed by atoms with van der Waals surface area (Å²) in [6.45, 7) is 0. The Kier molecular flexibility index (Phi) is 4.76. The maximum absolute atomic E-state index is 6.38. The Labute approximate surface area is 168 Å². The number of anilines is 1. The van der Waals surface area contributed by atoms with Gasteiger partial charge in [-0.1, -0.05) is 17.7 Å². The molecule has 0 unspecified atom stereocenters. The lowest BCUT2D eigenvalue weighted by Crippen LogP contribution is -2.29. The second kappa shape index (κ2) is 7.21. The molecule has 2 atom stereocenters. The smallest absolute Gasteiger partial charge is 0.174 e. The van der Waals surface area contributed by atoms with Crippen LogP contribution in [0.1, 0.15) is 23.3 Å². The molecule has 0 spiro atoms. The molecule has 1 fully saturated rings. The fourth-order valence-corrected chi connectivity index (χ4v) is 4.07. The van der Waals surface area contributed by atoms with E-state index in [1.807, 2.05) is 54.2 Å². The molecule has 0 radical (unpaired) electrons. The van der Waals surface area contributed by atoms with Crippen LogP contribution in [0.3, 0.4) is 0 Å². The number of nitrogens with one attached hydrogen (secondary N) is 1. The highest BCUT2D eigenvalue weighted by molar-refractivity contribution is 7.80. The Morgan fingerprint density at radius 1 is 1.22 bits per heavy atom. The van der Waals surface area contributed by atoms with Crippen molar-refractivity contribution in [2.75, 3.05) is 12.0 Å². The summed E-state index contributed by atoms with van der Waals surface area (Å²) in [7, 11) is 3.61. The van der Waals surface area contributed by atoms with Gasteiger partial charge in [0.2, 0.25) is 0 Å². The Morgan fingerprint density at radius 3 is 2.70 bits per heavy atom. The number of thiocarbonyl (C=S) groups is 1. The second-order valence-corrected chi connectivity index (χ2v) is 7.22. The zero-order valence-electron chi connectivity index (χ0n) is 15.0. The van der Waals surface area contributed by atoms with E-state index in [4.69, 9.17) is 28.6 Å². The van der Waals surface area contributed by atoms with Gasteiger partial charge in [0, 0.05) is 31.3 Å². The van der Waals surface area contributed by atoms with Crippen LogP contribution in [-0.2, 0) is 7.05 Å². The standard InChI is InChI=1S/C20H19ClN4OS/c1-24-10-8-13(12-24)19-18(16-5-3-4-9-22-16)23-20(27)25(19)14-6-7-17(26-2)15(21)11-14/h3-12,18-19H,1-2H3,(H,23,27)/t18-,19+/m0/s1. The van der Waals surface area contributed by atoms with Gasteiger partial charge < -0.3 is 19.5 Å². The van der Waals surface area contributed by atoms with Gasteiger partial charge in [0.1, 0.15) is 5.75 Å². The third kappa shape index (κ3) is 3.26. The predicted molar refractivity (Wildman–Crippen MR) is 111 cm³/mol. The number of ether oxygens (including phenoxy) is 1. The summed E-state index contributed by atoms with van der Waals surface area (Å²) in [6.07, 6.45) is 5.94. The highest BCUT2D eigenvalue weighted by atomic mass is 35.5. The van der Waals surface area contributed by atoms with Crippen molar-refractivity contribution in [2.45, 2.75) is 12.1 Å². The van der Waals surface area contributed by atoms with Gasteiger partial charge in [-0.3, -0.25) is 4.98 Å². The second-order valence-electron chi connectivity index (χ2n) is 6.43. The first-order chi connectivity index (χ1) is 13.1. The van der Waals surface area contributed by atoms with Gasteiger partial charge in [-0.2, -0.15) is 0 Å². The summed E-state index contributed by atoms with van der Waals surface area (Å²) in [5.41, 5.74) is 2.99. The Hall–Kier alpha value is -2.57. The van der Waals surface area contributed by atoms with Gasteiger partial charge in [-0.15, -0.1) is 0 Å². The number of nitrogens with zero attached hydrogens (tertiary/aromatic N) is 3. The number of pyridine rings is 1. The minimum atomic E-state index is -0.0676. The van der Waals surface area contributed by atoms with Crippen molar-refractivity contribution in [3.05, 3.63) is 77.3 Å². The maximum atomic E-state index is 6.38. The number of aryl methyl sites for hydroxylation is 1. The molecule has 2 aromatic heterocycles. The first kappa shape index (κ1) is 17.8. The minimum Gasteiger partial charge on any atom is -0.495 e. The SMILES string of the molecule is COc1ccc(N2C(=S)N[C@@H](c3ccccn3)[C@H]2c2ccn(C)c2)cc1Cl. The molecule has 138 valence electrons. The van der Waals surface area contributed by atoms with Crippen LogP contribution < -0.4 is 15.0 Å². The third-order valence-corrected chi connectivity index (χ3v) is 5.32. The molecule has 4 rings (SSSR count). The zero-order chi connectivity index (χ0) is 19.0. The van der Waals surface area contributed by atoms with Crippen LogP contribution in [0.15, 0.2) is 61.1 Å². The van der Waals surface area contributed by atoms with E-state index < -0.39 is 0 Å². The lowest BCUT2D eigenvalue weighted by Gasteiger charge is -2.27. The number of hydrogen-bond donors (Lipinski definition) is 1. The Balaban J connectivity index is 1.81. The molecule has 27 heavy (non-hydrogen) atoms. The summed E-state index contributed by atoms with van der Waals surface area (Å²) in [6, 6.07) is 13.6. The molecule has 1 saturated heterocycles. The minimum absolute atomic E-state index is 0.0435. The van der Waals surface area contributed by atoms with E-state index in [1.165, 1.54) is 0 Å². The van der Waals surface area contributed by atoms with Crippen molar-refractivity contribution in [1.82, 2.24) is 14.9 Å². The summed E-state index contributed by atoms with van der Waals surface area (Å²) >= 11 is 12.1. The molecule has 1 aromatic carbocycles. The number of halogens is 1. The molecule has 0 saturated carbocycles. The van der Waals surface area contributed by atoms with Crippen LogP contribution >= 0.6 is 23.8 Å². The van der Waals surface area contributed by atoms with Crippen LogP contribution in [-0.4, -0.2) is 21.8 Å². The van der Waals surface area contributed by atoms with Crippen molar-refractivity contribution in [3.63, 3.8) is 0 Å². The molecule has 3 aromatic rings. The topological polar surface area (TPSA) is 42.3 Å². The van der Waals surface area contributed by atoms with Crippen molar-refractivity contribution in [3.8, 4) is 5.75 Å². The van der Waals surface area contributed by atoms with E-state index in [-0.39, 0.29) is 12.1 Å². The number of hydrogen-bond acceptors (Lipinski definition) is 3. The van der Waals surface area contributed by atoms with E-state index in [0.717, 1.165) is 16.9 Å². The summed E-state index contributed by atoms with van der Waals surface area (Å²) in [5, 5.41) is 4.62. The number of benzene rings is 1. The van der Waals surface area contributed by atoms with Crippen LogP contribution in [0.2, 0.25) is 5.02 Å². The highest BCUT2D eigenvalue weighted by Gasteiger charge is 2.41. The number of rotatable bonds is 4. The van der Waals surface area contributed by atoms with Gasteiger partial charge in [0.25, 0.3) is 0 Å². The average molecular weight is 399 g/mol. The molecule has 1 aliphatic rings. The first-order valence-electron chi connectivity index (χ1n) is 8.54. The summed E-state index contributed by atoms with van der Waals surface area (Å²) in [5.74, 6) is 0.635. The van der Waals surface area contributed by atoms with E-state index in [0.29, 0.717) is 15.9 Å². The van der Waals surface area contributed by atoms with Crippen molar-refractivity contribution in [2.24, 2.45) is 7.05 Å². The van der Waals surface area contributed by atoms with Gasteiger partial charge in [0.05, 0.1) is 29.9 Å². The Morgan fingerprint density at radius 2 is 2.07 bits per heavy atom. The first-order valence-corrected chi connectivity index (χ1v) is 9.33. The van der Waals surface area contributed by atoms with Crippen molar-refractivity contribution < 1.29 is 4.74 Å². The molecular weight excluding hydrogens is 380 g/mol. The van der Waals surface area contributed by atoms with Crippen molar-refractivity contribution in [1.29, 1.82) is 0 Å². The average Bonchev–Trinajstić information content (AvgIpc) is 3.25. The largest absolute Gasteiger partial charge is 0.495 e. The molecular formula is C20H19ClN4OS. The van der Waals surface area contributed by atoms with Crippen LogP contribution in [0.5, 0.6) is 5.75 Å². The predicted octanol–water partition coefficient (Wildman–Crippen LogP) is 4.26. The monoisotopic (exact) mass is 398 g/mol. The van der Waals surface area contributed by atoms with Gasteiger partial charge in [0.15, 0.2) is 5.11 Å². The lowest BCUT2D eigenvalue weighted by molar-refractivity contribution is 0.415. The molecule has 7 heteroatoms. The van der Waals surface area contributed by atoms with Crippen LogP contribution in [0.25, 0.3) is 0 Å². The number of aromatic nitrogens is 2. The lowest BCUT2D eigenvalue weighted by atomic mass is 9.98. The van der Waals surface area contributed by atoms with Crippen LogP contribution in [0.4, 0.5) is 5.69 Å². The van der Waals surface area contributed by atoms with Gasteiger partial charge in [-0.05, 0) is 54.2 Å². The van der Waals surface area contributed by atoms with E-state index in [9.17, 15) is 0 Å². The molecule has 0 aliphatic carbocycles. The Bertz CT molecular complexity index is 975. The van der Waals surface area contributed by atoms with Crippen LogP contribution in [0, 0.1) is 0 Å². The van der Waals surface area contributed by atoms with Gasteiger partial charge in [-0.25, -0.2) is 0 Å². The molecule has 1 aliphatic heterocycles. The molecule has 5 nitrogen and oxygen atoms in total. The molecule has 0 bridgehead atoms. The number of methoxy groups -OCH3 is 1. The fourth-order valence-electron chi connectivity index (χ4n) is 3.48. The van der Waals surface area contributed by atoms with E-state index in [2.05, 4.69) is 27.5 Å². The maximum Gasteiger partial charge on any atom is 0.174 e. The normalized spacial score (nSPS) is 19.2. The zero-order valence-corrected chi connectivity index (χ0v) is 16.5. The van der Waals surface area contributed by atoms with Crippen molar-refractivity contribution >= 4 is 34.6 Å². The molecule has 3 heterocycles. The summed E-state index contributed by atoms with van der Waals surface area (Å²) < 4.78 is 7.32. The quantitative estimate of drug-likeness (QED) is 0.665.